The molecule has 0 aliphatic carbocycles. The molecule has 0 radical (unpaired) electrons. The topological polar surface area (TPSA) is 47.6 Å². The van der Waals surface area contributed by atoms with E-state index in [9.17, 15) is 4.79 Å². The van der Waals surface area contributed by atoms with Gasteiger partial charge in [0, 0.05) is 12.5 Å². The Hall–Kier alpha value is -1.71. The number of nitrogens with one attached hydrogen (secondary N) is 1. The summed E-state index contributed by atoms with van der Waals surface area (Å²) in [5.74, 6) is 1.36. The Morgan fingerprint density at radius 3 is 2.50 bits per heavy atom. The lowest BCUT2D eigenvalue weighted by molar-refractivity contribution is -0.116. The van der Waals surface area contributed by atoms with Gasteiger partial charge in [-0.2, -0.15) is 0 Å². The molecule has 112 valence electrons. The zero-order valence-corrected chi connectivity index (χ0v) is 12.7. The van der Waals surface area contributed by atoms with E-state index in [1.807, 2.05) is 0 Å². The van der Waals surface area contributed by atoms with E-state index in [2.05, 4.69) is 12.2 Å². The molecule has 1 aromatic carbocycles. The summed E-state index contributed by atoms with van der Waals surface area (Å²) in [4.78, 5) is 11.9. The Bertz CT molecular complexity index is 418. The predicted octanol–water partition coefficient (Wildman–Crippen LogP) is 4.00. The van der Waals surface area contributed by atoms with Gasteiger partial charge in [0.15, 0.2) is 0 Å². The van der Waals surface area contributed by atoms with E-state index >= 15 is 0 Å². The van der Waals surface area contributed by atoms with E-state index in [4.69, 9.17) is 9.47 Å². The van der Waals surface area contributed by atoms with E-state index in [1.54, 1.807) is 32.4 Å². The number of hydrogen-bond donors (Lipinski definition) is 1. The molecule has 4 nitrogen and oxygen atoms in total. The third-order valence-corrected chi connectivity index (χ3v) is 3.19. The van der Waals surface area contributed by atoms with Gasteiger partial charge in [-0.05, 0) is 18.6 Å². The monoisotopic (exact) mass is 279 g/mol. The Morgan fingerprint density at radius 1 is 1.10 bits per heavy atom. The Labute approximate surface area is 121 Å². The van der Waals surface area contributed by atoms with Crippen LogP contribution in [-0.2, 0) is 4.79 Å². The van der Waals surface area contributed by atoms with Crippen LogP contribution in [0, 0.1) is 0 Å². The highest BCUT2D eigenvalue weighted by molar-refractivity contribution is 5.92. The van der Waals surface area contributed by atoms with Gasteiger partial charge in [-0.1, -0.05) is 32.6 Å². The van der Waals surface area contributed by atoms with Crippen molar-refractivity contribution in [3.63, 3.8) is 0 Å². The molecule has 0 saturated carbocycles. The summed E-state index contributed by atoms with van der Waals surface area (Å²) in [7, 11) is 3.18. The first-order valence-corrected chi connectivity index (χ1v) is 7.23. The van der Waals surface area contributed by atoms with Gasteiger partial charge in [-0.3, -0.25) is 4.79 Å². The first kappa shape index (κ1) is 16.3. The molecule has 1 rings (SSSR count). The maximum atomic E-state index is 11.9. The summed E-state index contributed by atoms with van der Waals surface area (Å²) >= 11 is 0. The van der Waals surface area contributed by atoms with Gasteiger partial charge >= 0.3 is 0 Å². The maximum Gasteiger partial charge on any atom is 0.224 e. The van der Waals surface area contributed by atoms with Crippen LogP contribution in [0.5, 0.6) is 11.5 Å². The Morgan fingerprint density at radius 2 is 1.85 bits per heavy atom. The summed E-state index contributed by atoms with van der Waals surface area (Å²) in [5.41, 5.74) is 0.658. The van der Waals surface area contributed by atoms with Crippen molar-refractivity contribution in [2.24, 2.45) is 0 Å². The van der Waals surface area contributed by atoms with Gasteiger partial charge in [0.25, 0.3) is 0 Å². The van der Waals surface area contributed by atoms with Gasteiger partial charge in [-0.15, -0.1) is 0 Å². The number of rotatable bonds is 9. The van der Waals surface area contributed by atoms with Gasteiger partial charge in [0.05, 0.1) is 19.9 Å². The predicted molar refractivity (Wildman–Crippen MR) is 81.6 cm³/mol. The molecule has 1 aromatic rings. The Balaban J connectivity index is 2.48. The number of unbranched alkanes of at least 4 members (excludes halogenated alkanes) is 4. The average molecular weight is 279 g/mol. The van der Waals surface area contributed by atoms with E-state index in [0.717, 1.165) is 12.8 Å². The largest absolute Gasteiger partial charge is 0.497 e. The molecule has 0 atom stereocenters. The fraction of sp³-hybridized carbons (Fsp3) is 0.562. The maximum absolute atomic E-state index is 11.9. The highest BCUT2D eigenvalue weighted by Crippen LogP contribution is 2.29. The van der Waals surface area contributed by atoms with Crippen molar-refractivity contribution >= 4 is 11.6 Å². The second-order valence-corrected chi connectivity index (χ2v) is 4.78. The lowest BCUT2D eigenvalue weighted by Gasteiger charge is -2.11. The number of anilines is 1. The number of carbonyl (C=O) groups excluding carboxylic acids is 1. The van der Waals surface area contributed by atoms with Crippen molar-refractivity contribution < 1.29 is 14.3 Å². The fourth-order valence-electron chi connectivity index (χ4n) is 2.01. The molecule has 0 fully saturated rings. The summed E-state index contributed by atoms with van der Waals surface area (Å²) in [6.45, 7) is 2.18. The van der Waals surface area contributed by atoms with Gasteiger partial charge in [-0.25, -0.2) is 0 Å². The summed E-state index contributed by atoms with van der Waals surface area (Å²) < 4.78 is 10.4. The SMILES string of the molecule is CCCCCCCC(=O)Nc1cc(OC)ccc1OC. The first-order valence-electron chi connectivity index (χ1n) is 7.23. The molecule has 1 amide bonds. The molecular formula is C16H25NO3. The lowest BCUT2D eigenvalue weighted by Crippen LogP contribution is -2.12. The number of carbonyl (C=O) groups is 1. The molecule has 20 heavy (non-hydrogen) atoms. The van der Waals surface area contributed by atoms with Crippen LogP contribution in [0.4, 0.5) is 5.69 Å². The molecule has 0 aliphatic rings. The summed E-state index contributed by atoms with van der Waals surface area (Å²) in [6, 6.07) is 5.36. The van der Waals surface area contributed by atoms with Crippen LogP contribution >= 0.6 is 0 Å². The number of hydrogen-bond acceptors (Lipinski definition) is 3. The fourth-order valence-corrected chi connectivity index (χ4v) is 2.01. The van der Waals surface area contributed by atoms with Crippen LogP contribution in [0.15, 0.2) is 18.2 Å². The zero-order valence-electron chi connectivity index (χ0n) is 12.7. The van der Waals surface area contributed by atoms with Crippen molar-refractivity contribution in [3.05, 3.63) is 18.2 Å². The molecule has 0 aliphatic heterocycles. The smallest absolute Gasteiger partial charge is 0.224 e. The van der Waals surface area contributed by atoms with Crippen LogP contribution in [0.25, 0.3) is 0 Å². The van der Waals surface area contributed by atoms with Crippen LogP contribution in [0.1, 0.15) is 45.4 Å². The molecule has 4 heteroatoms. The highest BCUT2D eigenvalue weighted by Gasteiger charge is 2.08. The molecule has 1 N–H and O–H groups in total. The zero-order chi connectivity index (χ0) is 14.8. The van der Waals surface area contributed by atoms with Crippen molar-refractivity contribution in [1.29, 1.82) is 0 Å². The molecule has 0 bridgehead atoms. The second kappa shape index (κ2) is 9.23. The third-order valence-electron chi connectivity index (χ3n) is 3.19. The second-order valence-electron chi connectivity index (χ2n) is 4.78. The average Bonchev–Trinajstić information content (AvgIpc) is 2.47. The van der Waals surface area contributed by atoms with E-state index in [-0.39, 0.29) is 5.91 Å². The van der Waals surface area contributed by atoms with Crippen molar-refractivity contribution in [2.45, 2.75) is 45.4 Å². The molecular weight excluding hydrogens is 254 g/mol. The third kappa shape index (κ3) is 5.51. The minimum absolute atomic E-state index is 0.0213. The normalized spacial score (nSPS) is 10.2. The minimum Gasteiger partial charge on any atom is -0.497 e. The standard InChI is InChI=1S/C16H25NO3/c1-4-5-6-7-8-9-16(18)17-14-12-13(19-2)10-11-15(14)20-3/h10-12H,4-9H2,1-3H3,(H,17,18). The quantitative estimate of drug-likeness (QED) is 0.695. The van der Waals surface area contributed by atoms with Crippen LogP contribution in [0.2, 0.25) is 0 Å². The minimum atomic E-state index is 0.0213. The number of methoxy groups -OCH3 is 2. The molecule has 0 aromatic heterocycles. The van der Waals surface area contributed by atoms with Crippen molar-refractivity contribution in [3.8, 4) is 11.5 Å². The van der Waals surface area contributed by atoms with Crippen molar-refractivity contribution in [1.82, 2.24) is 0 Å². The first-order chi connectivity index (χ1) is 9.71. The number of amides is 1. The Kier molecular flexibility index (Phi) is 7.55. The highest BCUT2D eigenvalue weighted by atomic mass is 16.5. The summed E-state index contributed by atoms with van der Waals surface area (Å²) in [5, 5.41) is 2.88. The lowest BCUT2D eigenvalue weighted by atomic mass is 10.1. The molecule has 0 unspecified atom stereocenters. The van der Waals surface area contributed by atoms with Gasteiger partial charge in [0.2, 0.25) is 5.91 Å². The molecule has 0 heterocycles. The van der Waals surface area contributed by atoms with E-state index in [1.165, 1.54) is 19.3 Å². The summed E-state index contributed by atoms with van der Waals surface area (Å²) in [6.07, 6.45) is 6.24. The molecule has 0 saturated heterocycles. The van der Waals surface area contributed by atoms with E-state index < -0.39 is 0 Å². The number of benzene rings is 1. The van der Waals surface area contributed by atoms with Gasteiger partial charge in [0.1, 0.15) is 11.5 Å². The van der Waals surface area contributed by atoms with E-state index in [0.29, 0.717) is 23.6 Å². The molecule has 0 spiro atoms. The van der Waals surface area contributed by atoms with Crippen molar-refractivity contribution in [2.75, 3.05) is 19.5 Å². The van der Waals surface area contributed by atoms with Gasteiger partial charge < -0.3 is 14.8 Å². The van der Waals surface area contributed by atoms with Crippen LogP contribution in [-0.4, -0.2) is 20.1 Å². The van der Waals surface area contributed by atoms with Crippen LogP contribution in [0.3, 0.4) is 0 Å². The number of ether oxygens (including phenoxy) is 2. The van der Waals surface area contributed by atoms with Crippen LogP contribution < -0.4 is 14.8 Å².